The number of benzene rings is 2. The van der Waals surface area contributed by atoms with E-state index in [1.807, 2.05) is 19.1 Å². The molecular weight excluding hydrogens is 480 g/mol. The van der Waals surface area contributed by atoms with Crippen LogP contribution < -0.4 is 0 Å². The third kappa shape index (κ3) is 10.8. The van der Waals surface area contributed by atoms with E-state index in [9.17, 15) is 10.2 Å². The fourth-order valence-corrected chi connectivity index (χ4v) is 4.99. The standard InChI is InChI=1S/C35H54N2O2/c1-8-10-12-14-20-34(4,5)30-16-18-32(38)28(22-30)25-36-24-27(3)37-26-29-23-31(17-19-33(29)39)35(6,7)21-15-13-11-9-2/h16-19,22-23,25-27,38-39H,8-15,20-21,24H2,1-7H3. The van der Waals surface area contributed by atoms with Gasteiger partial charge in [-0.05, 0) is 66.0 Å². The van der Waals surface area contributed by atoms with E-state index in [0.717, 1.165) is 24.0 Å². The molecule has 0 amide bonds. The van der Waals surface area contributed by atoms with Gasteiger partial charge in [0, 0.05) is 23.6 Å². The largest absolute Gasteiger partial charge is 0.507 e. The lowest BCUT2D eigenvalue weighted by molar-refractivity contribution is 0.442. The van der Waals surface area contributed by atoms with Crippen molar-refractivity contribution < 1.29 is 10.2 Å². The molecule has 1 unspecified atom stereocenters. The summed E-state index contributed by atoms with van der Waals surface area (Å²) in [5, 5.41) is 20.9. The Kier molecular flexibility index (Phi) is 13.2. The molecule has 39 heavy (non-hydrogen) atoms. The number of phenols is 2. The van der Waals surface area contributed by atoms with Gasteiger partial charge in [-0.15, -0.1) is 0 Å². The fraction of sp³-hybridized carbons (Fsp3) is 0.600. The molecule has 4 nitrogen and oxygen atoms in total. The molecule has 1 atom stereocenters. The average molecular weight is 535 g/mol. The van der Waals surface area contributed by atoms with Crippen LogP contribution in [0.1, 0.15) is 135 Å². The van der Waals surface area contributed by atoms with E-state index < -0.39 is 0 Å². The van der Waals surface area contributed by atoms with Crippen molar-refractivity contribution in [1.29, 1.82) is 0 Å². The Bertz CT molecular complexity index is 1070. The molecule has 0 aliphatic rings. The minimum atomic E-state index is -0.0494. The minimum absolute atomic E-state index is 0.0494. The van der Waals surface area contributed by atoms with E-state index in [4.69, 9.17) is 0 Å². The SMILES string of the molecule is CCCCCCC(C)(C)c1ccc(O)c(C=NCC(C)N=Cc2cc(C(C)(C)CCCCCC)ccc2O)c1. The van der Waals surface area contributed by atoms with Gasteiger partial charge in [-0.2, -0.15) is 0 Å². The van der Waals surface area contributed by atoms with Crippen LogP contribution in [0.4, 0.5) is 0 Å². The highest BCUT2D eigenvalue weighted by atomic mass is 16.3. The summed E-state index contributed by atoms with van der Waals surface area (Å²) in [5.41, 5.74) is 4.07. The van der Waals surface area contributed by atoms with Crippen molar-refractivity contribution in [2.75, 3.05) is 6.54 Å². The summed E-state index contributed by atoms with van der Waals surface area (Å²) in [6.07, 6.45) is 15.8. The zero-order chi connectivity index (χ0) is 28.9. The van der Waals surface area contributed by atoms with Crippen LogP contribution in [-0.4, -0.2) is 35.2 Å². The molecule has 2 aromatic carbocycles. The van der Waals surface area contributed by atoms with Gasteiger partial charge in [-0.3, -0.25) is 9.98 Å². The quantitative estimate of drug-likeness (QED) is 0.157. The molecule has 216 valence electrons. The van der Waals surface area contributed by atoms with Gasteiger partial charge in [-0.25, -0.2) is 0 Å². The van der Waals surface area contributed by atoms with Crippen molar-refractivity contribution in [3.63, 3.8) is 0 Å². The van der Waals surface area contributed by atoms with Gasteiger partial charge < -0.3 is 10.2 Å². The molecule has 0 radical (unpaired) electrons. The molecule has 0 saturated heterocycles. The summed E-state index contributed by atoms with van der Waals surface area (Å²) >= 11 is 0. The highest BCUT2D eigenvalue weighted by Gasteiger charge is 2.22. The Balaban J connectivity index is 2.03. The number of aromatic hydroxyl groups is 2. The van der Waals surface area contributed by atoms with Crippen LogP contribution in [0.25, 0.3) is 0 Å². The van der Waals surface area contributed by atoms with E-state index in [1.54, 1.807) is 24.6 Å². The maximum Gasteiger partial charge on any atom is 0.124 e. The number of rotatable bonds is 17. The summed E-state index contributed by atoms with van der Waals surface area (Å²) in [7, 11) is 0. The number of hydrogen-bond donors (Lipinski definition) is 2. The van der Waals surface area contributed by atoms with E-state index in [1.165, 1.54) is 62.5 Å². The third-order valence-electron chi connectivity index (χ3n) is 8.00. The Labute approximate surface area is 238 Å². The molecule has 0 aliphatic carbocycles. The van der Waals surface area contributed by atoms with Crippen molar-refractivity contribution in [2.24, 2.45) is 9.98 Å². The van der Waals surface area contributed by atoms with Crippen molar-refractivity contribution in [1.82, 2.24) is 0 Å². The van der Waals surface area contributed by atoms with Gasteiger partial charge in [0.1, 0.15) is 11.5 Å². The van der Waals surface area contributed by atoms with Crippen molar-refractivity contribution in [3.05, 3.63) is 58.7 Å². The molecule has 0 spiro atoms. The van der Waals surface area contributed by atoms with Gasteiger partial charge in [0.25, 0.3) is 0 Å². The topological polar surface area (TPSA) is 65.2 Å². The predicted molar refractivity (Wildman–Crippen MR) is 169 cm³/mol. The normalized spacial score (nSPS) is 13.5. The Hall–Kier alpha value is -2.62. The molecule has 0 fully saturated rings. The number of hydrogen-bond acceptors (Lipinski definition) is 4. The lowest BCUT2D eigenvalue weighted by atomic mass is 9.79. The van der Waals surface area contributed by atoms with Gasteiger partial charge in [0.2, 0.25) is 0 Å². The lowest BCUT2D eigenvalue weighted by Gasteiger charge is -2.26. The van der Waals surface area contributed by atoms with Crippen molar-refractivity contribution >= 4 is 12.4 Å². The van der Waals surface area contributed by atoms with E-state index in [2.05, 4.69) is 63.7 Å². The predicted octanol–water partition coefficient (Wildman–Crippen LogP) is 9.52. The second-order valence-electron chi connectivity index (χ2n) is 12.6. The van der Waals surface area contributed by atoms with Crippen molar-refractivity contribution in [2.45, 2.75) is 130 Å². The molecule has 0 heterocycles. The zero-order valence-electron chi connectivity index (χ0n) is 25.8. The number of unbranched alkanes of at least 4 members (excludes halogenated alkanes) is 6. The highest BCUT2D eigenvalue weighted by molar-refractivity contribution is 5.84. The summed E-state index contributed by atoms with van der Waals surface area (Å²) < 4.78 is 0. The summed E-state index contributed by atoms with van der Waals surface area (Å²) in [4.78, 5) is 9.25. The van der Waals surface area contributed by atoms with Crippen molar-refractivity contribution in [3.8, 4) is 11.5 Å². The second-order valence-corrected chi connectivity index (χ2v) is 12.6. The maximum atomic E-state index is 10.4. The average Bonchev–Trinajstić information content (AvgIpc) is 2.89. The van der Waals surface area contributed by atoms with E-state index in [0.29, 0.717) is 6.54 Å². The highest BCUT2D eigenvalue weighted by Crippen LogP contribution is 2.33. The number of aliphatic imine (C=N–C) groups is 2. The molecule has 2 N–H and O–H groups in total. The van der Waals surface area contributed by atoms with Crippen LogP contribution in [0.5, 0.6) is 11.5 Å². The summed E-state index contributed by atoms with van der Waals surface area (Å²) in [6.45, 7) is 16.1. The van der Waals surface area contributed by atoms with Crippen LogP contribution in [0, 0.1) is 0 Å². The zero-order valence-corrected chi connectivity index (χ0v) is 25.8. The van der Waals surface area contributed by atoms with Crippen LogP contribution >= 0.6 is 0 Å². The van der Waals surface area contributed by atoms with Gasteiger partial charge >= 0.3 is 0 Å². The Morgan fingerprint density at radius 1 is 0.692 bits per heavy atom. The third-order valence-corrected chi connectivity index (χ3v) is 8.00. The van der Waals surface area contributed by atoms with Crippen LogP contribution in [0.3, 0.4) is 0 Å². The Morgan fingerprint density at radius 3 is 1.62 bits per heavy atom. The second kappa shape index (κ2) is 15.8. The molecule has 2 rings (SSSR count). The molecule has 4 heteroatoms. The van der Waals surface area contributed by atoms with E-state index >= 15 is 0 Å². The molecule has 0 bridgehead atoms. The van der Waals surface area contributed by atoms with Gasteiger partial charge in [-0.1, -0.05) is 105 Å². The van der Waals surface area contributed by atoms with Gasteiger partial charge in [0.05, 0.1) is 12.6 Å². The maximum absolute atomic E-state index is 10.4. The monoisotopic (exact) mass is 534 g/mol. The summed E-state index contributed by atoms with van der Waals surface area (Å²) in [6, 6.07) is 11.7. The van der Waals surface area contributed by atoms with Gasteiger partial charge in [0.15, 0.2) is 0 Å². The van der Waals surface area contributed by atoms with Crippen LogP contribution in [-0.2, 0) is 10.8 Å². The lowest BCUT2D eigenvalue weighted by Crippen LogP contribution is -2.17. The molecule has 2 aromatic rings. The Morgan fingerprint density at radius 2 is 1.15 bits per heavy atom. The smallest absolute Gasteiger partial charge is 0.124 e. The fourth-order valence-electron chi connectivity index (χ4n) is 4.99. The first-order valence-electron chi connectivity index (χ1n) is 15.2. The molecule has 0 aliphatic heterocycles. The first-order valence-corrected chi connectivity index (χ1v) is 15.2. The summed E-state index contributed by atoms with van der Waals surface area (Å²) in [5.74, 6) is 0.499. The molecular formula is C35H54N2O2. The first kappa shape index (κ1) is 32.6. The van der Waals surface area contributed by atoms with Crippen LogP contribution in [0.15, 0.2) is 46.4 Å². The number of nitrogens with zero attached hydrogens (tertiary/aromatic N) is 2. The molecule has 0 saturated carbocycles. The minimum Gasteiger partial charge on any atom is -0.507 e. The molecule has 0 aromatic heterocycles. The first-order chi connectivity index (χ1) is 18.5. The van der Waals surface area contributed by atoms with E-state index in [-0.39, 0.29) is 28.4 Å². The van der Waals surface area contributed by atoms with Crippen LogP contribution in [0.2, 0.25) is 0 Å². The number of phenolic OH excluding ortho intramolecular Hbond substituents is 2.